The van der Waals surface area contributed by atoms with Crippen molar-refractivity contribution in [1.29, 1.82) is 0 Å². The van der Waals surface area contributed by atoms with Crippen LogP contribution in [-0.2, 0) is 0 Å². The van der Waals surface area contributed by atoms with E-state index in [1.165, 1.54) is 10.5 Å². The van der Waals surface area contributed by atoms with Gasteiger partial charge in [0.15, 0.2) is 0 Å². The second-order valence-corrected chi connectivity index (χ2v) is 7.15. The standard InChI is InChI=1S/C22H21N3O2S/c1-17-6-8-20(9-7-17)28-15-14-27-21-5-3-2-4-19(21)16-24-25-22(26)18-10-12-23-13-11-18/h2-13,16H,14-15H2,1H3,(H,25,26)/b24-16+. The Balaban J connectivity index is 1.51. The highest BCUT2D eigenvalue weighted by atomic mass is 32.2. The van der Waals surface area contributed by atoms with Gasteiger partial charge in [0.25, 0.3) is 5.91 Å². The molecule has 0 aliphatic heterocycles. The van der Waals surface area contributed by atoms with Gasteiger partial charge in [-0.2, -0.15) is 5.10 Å². The number of rotatable bonds is 8. The molecule has 0 bridgehead atoms. The fourth-order valence-electron chi connectivity index (χ4n) is 2.39. The number of nitrogens with one attached hydrogen (secondary N) is 1. The molecule has 5 nitrogen and oxygen atoms in total. The van der Waals surface area contributed by atoms with E-state index < -0.39 is 0 Å². The summed E-state index contributed by atoms with van der Waals surface area (Å²) in [5.41, 5.74) is 5.07. The van der Waals surface area contributed by atoms with Crippen LogP contribution in [0.2, 0.25) is 0 Å². The van der Waals surface area contributed by atoms with E-state index in [2.05, 4.69) is 46.7 Å². The van der Waals surface area contributed by atoms with E-state index in [1.54, 1.807) is 42.5 Å². The lowest BCUT2D eigenvalue weighted by Crippen LogP contribution is -2.17. The number of hydrazone groups is 1. The van der Waals surface area contributed by atoms with Gasteiger partial charge in [0, 0.05) is 34.2 Å². The quantitative estimate of drug-likeness (QED) is 0.269. The molecule has 0 saturated carbocycles. The Bertz CT molecular complexity index is 928. The molecule has 0 fully saturated rings. The number of carbonyl (C=O) groups excluding carboxylic acids is 1. The first kappa shape index (κ1) is 19.6. The van der Waals surface area contributed by atoms with Crippen LogP contribution in [0, 0.1) is 6.92 Å². The molecule has 0 atom stereocenters. The van der Waals surface area contributed by atoms with E-state index in [0.717, 1.165) is 17.1 Å². The first-order chi connectivity index (χ1) is 13.7. The molecule has 1 heterocycles. The molecular formula is C22H21N3O2S. The maximum Gasteiger partial charge on any atom is 0.271 e. The van der Waals surface area contributed by atoms with Crippen LogP contribution >= 0.6 is 11.8 Å². The fourth-order valence-corrected chi connectivity index (χ4v) is 3.12. The highest BCUT2D eigenvalue weighted by molar-refractivity contribution is 7.99. The van der Waals surface area contributed by atoms with Crippen molar-refractivity contribution in [2.24, 2.45) is 5.10 Å². The zero-order chi connectivity index (χ0) is 19.6. The summed E-state index contributed by atoms with van der Waals surface area (Å²) in [7, 11) is 0. The van der Waals surface area contributed by atoms with Crippen LogP contribution in [0.3, 0.4) is 0 Å². The van der Waals surface area contributed by atoms with Gasteiger partial charge in [-0.3, -0.25) is 9.78 Å². The summed E-state index contributed by atoms with van der Waals surface area (Å²) in [6.07, 6.45) is 4.72. The molecular weight excluding hydrogens is 370 g/mol. The van der Waals surface area contributed by atoms with E-state index in [-0.39, 0.29) is 5.91 Å². The zero-order valence-electron chi connectivity index (χ0n) is 15.5. The average molecular weight is 391 g/mol. The minimum absolute atomic E-state index is 0.286. The number of aryl methyl sites for hydroxylation is 1. The summed E-state index contributed by atoms with van der Waals surface area (Å²) < 4.78 is 5.89. The van der Waals surface area contributed by atoms with Crippen molar-refractivity contribution < 1.29 is 9.53 Å². The lowest BCUT2D eigenvalue weighted by Gasteiger charge is -2.09. The molecule has 0 saturated heterocycles. The number of ether oxygens (including phenoxy) is 1. The highest BCUT2D eigenvalue weighted by Gasteiger charge is 2.04. The van der Waals surface area contributed by atoms with E-state index in [1.807, 2.05) is 24.3 Å². The van der Waals surface area contributed by atoms with Crippen LogP contribution in [0.25, 0.3) is 0 Å². The molecule has 3 aromatic rings. The lowest BCUT2D eigenvalue weighted by molar-refractivity contribution is 0.0955. The number of pyridine rings is 1. The normalized spacial score (nSPS) is 10.8. The highest BCUT2D eigenvalue weighted by Crippen LogP contribution is 2.20. The van der Waals surface area contributed by atoms with E-state index in [0.29, 0.717) is 12.2 Å². The van der Waals surface area contributed by atoms with Crippen molar-refractivity contribution in [3.8, 4) is 5.75 Å². The van der Waals surface area contributed by atoms with Crippen molar-refractivity contribution >= 4 is 23.9 Å². The number of para-hydroxylation sites is 1. The molecule has 28 heavy (non-hydrogen) atoms. The van der Waals surface area contributed by atoms with Gasteiger partial charge < -0.3 is 4.74 Å². The van der Waals surface area contributed by atoms with Gasteiger partial charge in [-0.1, -0.05) is 29.8 Å². The number of hydrogen-bond donors (Lipinski definition) is 1. The van der Waals surface area contributed by atoms with Crippen LogP contribution in [0.15, 0.2) is 83.1 Å². The van der Waals surface area contributed by atoms with E-state index in [9.17, 15) is 4.79 Å². The molecule has 0 aliphatic carbocycles. The van der Waals surface area contributed by atoms with Crippen LogP contribution in [0.1, 0.15) is 21.5 Å². The van der Waals surface area contributed by atoms with E-state index in [4.69, 9.17) is 4.74 Å². The summed E-state index contributed by atoms with van der Waals surface area (Å²) in [6, 6.07) is 19.3. The smallest absolute Gasteiger partial charge is 0.271 e. The molecule has 0 radical (unpaired) electrons. The number of nitrogens with zero attached hydrogens (tertiary/aromatic N) is 2. The van der Waals surface area contributed by atoms with Gasteiger partial charge in [-0.05, 0) is 43.3 Å². The topological polar surface area (TPSA) is 63.6 Å². The average Bonchev–Trinajstić information content (AvgIpc) is 2.74. The maximum atomic E-state index is 12.0. The Kier molecular flexibility index (Phi) is 7.21. The first-order valence-electron chi connectivity index (χ1n) is 8.87. The Morgan fingerprint density at radius 1 is 1.11 bits per heavy atom. The monoisotopic (exact) mass is 391 g/mol. The van der Waals surface area contributed by atoms with Crippen LogP contribution < -0.4 is 10.2 Å². The first-order valence-corrected chi connectivity index (χ1v) is 9.85. The van der Waals surface area contributed by atoms with Crippen molar-refractivity contribution in [1.82, 2.24) is 10.4 Å². The number of aromatic nitrogens is 1. The number of hydrogen-bond acceptors (Lipinski definition) is 5. The molecule has 1 amide bonds. The Labute approximate surface area is 168 Å². The van der Waals surface area contributed by atoms with Crippen molar-refractivity contribution in [3.05, 3.63) is 89.7 Å². The molecule has 0 aliphatic rings. The summed E-state index contributed by atoms with van der Waals surface area (Å²) in [6.45, 7) is 2.66. The van der Waals surface area contributed by atoms with E-state index >= 15 is 0 Å². The van der Waals surface area contributed by atoms with Gasteiger partial charge in [0.2, 0.25) is 0 Å². The van der Waals surface area contributed by atoms with Gasteiger partial charge in [0.1, 0.15) is 5.75 Å². The van der Waals surface area contributed by atoms with Gasteiger partial charge in [-0.15, -0.1) is 11.8 Å². The van der Waals surface area contributed by atoms with Crippen LogP contribution in [-0.4, -0.2) is 29.5 Å². The fraction of sp³-hybridized carbons (Fsp3) is 0.136. The molecule has 3 rings (SSSR count). The van der Waals surface area contributed by atoms with Gasteiger partial charge in [0.05, 0.1) is 12.8 Å². The zero-order valence-corrected chi connectivity index (χ0v) is 16.4. The van der Waals surface area contributed by atoms with Gasteiger partial charge >= 0.3 is 0 Å². The number of benzene rings is 2. The summed E-state index contributed by atoms with van der Waals surface area (Å²) in [4.78, 5) is 17.1. The number of thioether (sulfide) groups is 1. The largest absolute Gasteiger partial charge is 0.492 e. The number of carbonyl (C=O) groups is 1. The summed E-state index contributed by atoms with van der Waals surface area (Å²) >= 11 is 1.75. The maximum absolute atomic E-state index is 12.0. The third-order valence-electron chi connectivity index (χ3n) is 3.86. The second-order valence-electron chi connectivity index (χ2n) is 5.98. The molecule has 1 N–H and O–H groups in total. The summed E-state index contributed by atoms with van der Waals surface area (Å²) in [5, 5.41) is 4.03. The third kappa shape index (κ3) is 5.96. The Morgan fingerprint density at radius 2 is 1.86 bits per heavy atom. The minimum atomic E-state index is -0.286. The molecule has 0 spiro atoms. The number of amides is 1. The predicted molar refractivity (Wildman–Crippen MR) is 113 cm³/mol. The minimum Gasteiger partial charge on any atom is -0.492 e. The summed E-state index contributed by atoms with van der Waals surface area (Å²) in [5.74, 6) is 1.29. The molecule has 142 valence electrons. The van der Waals surface area contributed by atoms with Gasteiger partial charge in [-0.25, -0.2) is 5.43 Å². The molecule has 6 heteroatoms. The SMILES string of the molecule is Cc1ccc(SCCOc2ccccc2/C=N/NC(=O)c2ccncc2)cc1. The van der Waals surface area contributed by atoms with Crippen LogP contribution in [0.5, 0.6) is 5.75 Å². The lowest BCUT2D eigenvalue weighted by atomic mass is 10.2. The Morgan fingerprint density at radius 3 is 2.64 bits per heavy atom. The van der Waals surface area contributed by atoms with Crippen molar-refractivity contribution in [3.63, 3.8) is 0 Å². The molecule has 2 aromatic carbocycles. The second kappa shape index (κ2) is 10.3. The Hall–Kier alpha value is -3.12. The third-order valence-corrected chi connectivity index (χ3v) is 4.84. The van der Waals surface area contributed by atoms with Crippen molar-refractivity contribution in [2.75, 3.05) is 12.4 Å². The van der Waals surface area contributed by atoms with Crippen molar-refractivity contribution in [2.45, 2.75) is 11.8 Å². The van der Waals surface area contributed by atoms with Crippen LogP contribution in [0.4, 0.5) is 0 Å². The molecule has 1 aromatic heterocycles. The predicted octanol–water partition coefficient (Wildman–Crippen LogP) is 4.33. The molecule has 0 unspecified atom stereocenters.